The fraction of sp³-hybridized carbons (Fsp3) is 0.543. The van der Waals surface area contributed by atoms with Gasteiger partial charge in [0.25, 0.3) is 0 Å². The molecule has 11 nitrogen and oxygen atoms in total. The maximum Gasteiger partial charge on any atom is 0.230 e. The zero-order valence-corrected chi connectivity index (χ0v) is 27.2. The van der Waals surface area contributed by atoms with Crippen LogP contribution in [0.15, 0.2) is 41.4 Å². The molecule has 2 unspecified atom stereocenters. The number of nitrogens with zero attached hydrogens (tertiary/aromatic N) is 1. The number of nitrogens with one attached hydrogen (secondary N) is 1. The van der Waals surface area contributed by atoms with Gasteiger partial charge in [-0.2, -0.15) is 0 Å². The number of aliphatic imine (C=N–C) groups is 1. The number of carbonyl (C=O) groups is 3. The van der Waals surface area contributed by atoms with E-state index in [-0.39, 0.29) is 54.2 Å². The van der Waals surface area contributed by atoms with Gasteiger partial charge in [-0.15, -0.1) is 0 Å². The Morgan fingerprint density at radius 2 is 1.72 bits per heavy atom. The molecule has 0 heterocycles. The minimum absolute atomic E-state index is 0.0200. The first-order chi connectivity index (χ1) is 21.4. The van der Waals surface area contributed by atoms with Gasteiger partial charge in [-0.1, -0.05) is 71.9 Å². The van der Waals surface area contributed by atoms with E-state index >= 15 is 0 Å². The molecule has 8 atom stereocenters. The van der Waals surface area contributed by atoms with E-state index in [2.05, 4.69) is 10.3 Å². The number of Topliss-reactive ketones (excluding diaryl/α,β-unsaturated/α-hetero) is 2. The number of fused-ring (bicyclic) bond motifs is 3. The van der Waals surface area contributed by atoms with Crippen LogP contribution in [0.4, 0.5) is 5.69 Å². The van der Waals surface area contributed by atoms with Crippen LogP contribution in [0.1, 0.15) is 80.9 Å². The van der Waals surface area contributed by atoms with E-state index in [1.165, 1.54) is 0 Å². The van der Waals surface area contributed by atoms with Crippen LogP contribution in [0.5, 0.6) is 5.75 Å². The first-order valence-electron chi connectivity index (χ1n) is 15.9. The summed E-state index contributed by atoms with van der Waals surface area (Å²) in [6.07, 6.45) is -3.10. The van der Waals surface area contributed by atoms with Gasteiger partial charge in [0.1, 0.15) is 17.8 Å². The van der Waals surface area contributed by atoms with Crippen LogP contribution in [0.2, 0.25) is 0 Å². The fourth-order valence-electron chi connectivity index (χ4n) is 9.18. The van der Waals surface area contributed by atoms with Crippen LogP contribution >= 0.6 is 0 Å². The lowest BCUT2D eigenvalue weighted by Gasteiger charge is -2.66. The third-order valence-electron chi connectivity index (χ3n) is 11.0. The molecule has 0 bridgehead atoms. The van der Waals surface area contributed by atoms with Crippen molar-refractivity contribution in [2.45, 2.75) is 84.7 Å². The normalized spacial score (nSPS) is 34.2. The Hall–Kier alpha value is -3.80. The van der Waals surface area contributed by atoms with Gasteiger partial charge in [0, 0.05) is 5.41 Å². The number of nitrogens with two attached hydrogens (primary N) is 2. The zero-order valence-electron chi connectivity index (χ0n) is 27.2. The number of anilines is 1. The van der Waals surface area contributed by atoms with E-state index in [1.807, 2.05) is 65.0 Å². The number of phenolic OH excluding ortho intramolecular Hbond substituents is 1. The maximum absolute atomic E-state index is 14.6. The quantitative estimate of drug-likeness (QED) is 0.108. The lowest BCUT2D eigenvalue weighted by atomic mass is 9.39. The van der Waals surface area contributed by atoms with Gasteiger partial charge in [0.15, 0.2) is 23.1 Å². The number of hydrogen-bond donors (Lipinski definition) is 7. The van der Waals surface area contributed by atoms with E-state index in [1.54, 1.807) is 13.0 Å². The number of aliphatic hydroxyl groups is 3. The summed E-state index contributed by atoms with van der Waals surface area (Å²) in [5.41, 5.74) is 9.24. The van der Waals surface area contributed by atoms with Crippen molar-refractivity contribution in [2.75, 3.05) is 5.32 Å². The summed E-state index contributed by atoms with van der Waals surface area (Å²) in [5.74, 6) is -7.47. The molecule has 0 aromatic heterocycles. The number of aliphatic hydroxyl groups excluding tert-OH is 2. The second-order valence-electron chi connectivity index (χ2n) is 14.7. The fourth-order valence-corrected chi connectivity index (χ4v) is 9.18. The maximum atomic E-state index is 14.6. The lowest BCUT2D eigenvalue weighted by molar-refractivity contribution is -0.265. The van der Waals surface area contributed by atoms with Gasteiger partial charge >= 0.3 is 0 Å². The minimum Gasteiger partial charge on any atom is -0.505 e. The van der Waals surface area contributed by atoms with E-state index < -0.39 is 63.9 Å². The molecular formula is C35H46N4O7. The molecule has 3 aliphatic rings. The number of primary amides is 1. The molecule has 5 rings (SSSR count). The average Bonchev–Trinajstić information content (AvgIpc) is 2.95. The molecule has 0 aliphatic heterocycles. The Balaban J connectivity index is 1.63. The largest absolute Gasteiger partial charge is 0.505 e. The topological polar surface area (TPSA) is 209 Å². The molecule has 248 valence electrons. The first kappa shape index (κ1) is 33.6. The van der Waals surface area contributed by atoms with Crippen LogP contribution in [0.25, 0.3) is 0 Å². The highest BCUT2D eigenvalue weighted by Gasteiger charge is 2.76. The third kappa shape index (κ3) is 4.82. The molecule has 0 spiro atoms. The Morgan fingerprint density at radius 1 is 1.09 bits per heavy atom. The molecule has 1 amide bonds. The molecule has 2 saturated carbocycles. The summed E-state index contributed by atoms with van der Waals surface area (Å²) in [6, 6.07) is 11.2. The summed E-state index contributed by atoms with van der Waals surface area (Å²) in [5, 5.41) is 50.2. The number of hydrogen-bond acceptors (Lipinski definition) is 8. The molecule has 2 aromatic rings. The number of aromatic hydroxyl groups is 1. The summed E-state index contributed by atoms with van der Waals surface area (Å²) in [6.45, 7) is 11.3. The van der Waals surface area contributed by atoms with Crippen LogP contribution in [-0.4, -0.2) is 61.7 Å². The van der Waals surface area contributed by atoms with E-state index in [0.717, 1.165) is 11.1 Å². The summed E-state index contributed by atoms with van der Waals surface area (Å²) in [7, 11) is 0. The number of carbonyl (C=O) groups excluding carboxylic acids is 3. The molecule has 3 aliphatic carbocycles. The van der Waals surface area contributed by atoms with Gasteiger partial charge in [-0.25, -0.2) is 4.99 Å². The molecule has 2 aromatic carbocycles. The first-order valence-corrected chi connectivity index (χ1v) is 15.9. The van der Waals surface area contributed by atoms with Crippen molar-refractivity contribution in [1.29, 1.82) is 0 Å². The van der Waals surface area contributed by atoms with E-state index in [9.17, 15) is 34.8 Å². The number of guanidine groups is 1. The molecule has 0 radical (unpaired) electrons. The van der Waals surface area contributed by atoms with E-state index in [0.29, 0.717) is 5.56 Å². The van der Waals surface area contributed by atoms with Crippen molar-refractivity contribution in [2.24, 2.45) is 51.0 Å². The number of amides is 1. The number of phenols is 1. The van der Waals surface area contributed by atoms with Crippen molar-refractivity contribution >= 4 is 29.1 Å². The third-order valence-corrected chi connectivity index (χ3v) is 11.0. The Morgan fingerprint density at radius 3 is 2.28 bits per heavy atom. The highest BCUT2D eigenvalue weighted by molar-refractivity contribution is 6.10. The second-order valence-corrected chi connectivity index (χ2v) is 14.7. The summed E-state index contributed by atoms with van der Waals surface area (Å²) in [4.78, 5) is 45.3. The van der Waals surface area contributed by atoms with Gasteiger partial charge < -0.3 is 37.2 Å². The Kier molecular flexibility index (Phi) is 8.37. The Labute approximate surface area is 269 Å². The van der Waals surface area contributed by atoms with Gasteiger partial charge in [0.05, 0.1) is 29.8 Å². The number of ketones is 2. The number of benzene rings is 2. The SMILES string of the molecule is CC(C)c1cc(NC(N)=NCc2ccccc2)c(O)c2c1C[C@]1(C)C[C@]3(C)[C@@H](C(C)C)C(O)[C@@H](C(N)=O)C(=O)[C@]3(O)C(O)[C@H]1C2=O. The molecule has 2 fully saturated rings. The second kappa shape index (κ2) is 11.5. The van der Waals surface area contributed by atoms with Crippen molar-refractivity contribution in [1.82, 2.24) is 0 Å². The minimum atomic E-state index is -2.57. The average molecular weight is 635 g/mol. The smallest absolute Gasteiger partial charge is 0.230 e. The van der Waals surface area contributed by atoms with Gasteiger partial charge in [-0.05, 0) is 58.8 Å². The van der Waals surface area contributed by atoms with Crippen molar-refractivity contribution in [3.8, 4) is 5.75 Å². The van der Waals surface area contributed by atoms with Gasteiger partial charge in [0.2, 0.25) is 5.91 Å². The molecule has 9 N–H and O–H groups in total. The van der Waals surface area contributed by atoms with Crippen LogP contribution in [-0.2, 0) is 22.6 Å². The molecular weight excluding hydrogens is 588 g/mol. The molecule has 46 heavy (non-hydrogen) atoms. The zero-order chi connectivity index (χ0) is 34.1. The lowest BCUT2D eigenvalue weighted by Crippen LogP contribution is -2.79. The van der Waals surface area contributed by atoms with Crippen molar-refractivity contribution in [3.05, 3.63) is 58.7 Å². The number of rotatable bonds is 6. The molecule has 0 saturated heterocycles. The predicted octanol–water partition coefficient (Wildman–Crippen LogP) is 2.62. The summed E-state index contributed by atoms with van der Waals surface area (Å²) < 4.78 is 0. The van der Waals surface area contributed by atoms with Crippen molar-refractivity contribution < 1.29 is 34.8 Å². The monoisotopic (exact) mass is 634 g/mol. The standard InChI is InChI=1S/C35H46N4O7/c1-16(2)19-12-21(39-32(37)38-14-18-10-8-7-9-11-18)26(40)22-20(19)13-33(5)15-34(6)24(17(3)4)28(42)23(31(36)45)29(43)35(34,46)30(44)25(33)27(22)41/h7-12,16-17,23-25,28,30,40,42,44,46H,13-15H2,1-6H3,(H2,36,45)(H3,37,38,39)/t23-,24+,25-,28?,30?,33-,34-,35+/m1/s1. The van der Waals surface area contributed by atoms with Gasteiger partial charge in [-0.3, -0.25) is 14.4 Å². The summed E-state index contributed by atoms with van der Waals surface area (Å²) >= 11 is 0. The van der Waals surface area contributed by atoms with Crippen molar-refractivity contribution in [3.63, 3.8) is 0 Å². The predicted molar refractivity (Wildman–Crippen MR) is 173 cm³/mol. The van der Waals surface area contributed by atoms with Crippen LogP contribution in [0.3, 0.4) is 0 Å². The highest BCUT2D eigenvalue weighted by atomic mass is 16.4. The molecule has 11 heteroatoms. The van der Waals surface area contributed by atoms with E-state index in [4.69, 9.17) is 11.5 Å². The van der Waals surface area contributed by atoms with Crippen LogP contribution in [0, 0.1) is 34.5 Å². The van der Waals surface area contributed by atoms with Crippen LogP contribution < -0.4 is 16.8 Å². The highest BCUT2D eigenvalue weighted by Crippen LogP contribution is 2.66. The Bertz CT molecular complexity index is 1610.